The predicted octanol–water partition coefficient (Wildman–Crippen LogP) is 4.82. The van der Waals surface area contributed by atoms with Crippen LogP contribution < -0.4 is 14.9 Å². The van der Waals surface area contributed by atoms with Crippen molar-refractivity contribution in [2.75, 3.05) is 16.3 Å². The number of nitrogens with one attached hydrogen (secondary N) is 2. The summed E-state index contributed by atoms with van der Waals surface area (Å²) in [4.78, 5) is 35.1. The third-order valence-electron chi connectivity index (χ3n) is 5.38. The zero-order chi connectivity index (χ0) is 27.5. The van der Waals surface area contributed by atoms with Gasteiger partial charge in [0, 0.05) is 16.5 Å². The van der Waals surface area contributed by atoms with E-state index in [-0.39, 0.29) is 6.61 Å². The molecule has 0 spiro atoms. The van der Waals surface area contributed by atoms with E-state index in [9.17, 15) is 18.0 Å². The predicted molar refractivity (Wildman–Crippen MR) is 145 cm³/mol. The van der Waals surface area contributed by atoms with Gasteiger partial charge in [-0.15, -0.1) is 0 Å². The lowest BCUT2D eigenvalue weighted by molar-refractivity contribution is -0.152. The number of hydrogen-bond acceptors (Lipinski definition) is 7. The minimum atomic E-state index is -3.58. The quantitative estimate of drug-likeness (QED) is 0.346. The molecule has 4 rings (SSSR count). The van der Waals surface area contributed by atoms with Gasteiger partial charge in [0.05, 0.1) is 35.4 Å². The van der Waals surface area contributed by atoms with E-state index in [2.05, 4.69) is 15.0 Å². The molecule has 198 valence electrons. The molecule has 0 fully saturated rings. The first kappa shape index (κ1) is 26.7. The normalized spacial score (nSPS) is 11.7. The van der Waals surface area contributed by atoms with E-state index in [1.54, 1.807) is 57.3 Å². The molecule has 2 N–H and O–H groups in total. The number of pyridine rings is 1. The van der Waals surface area contributed by atoms with Gasteiger partial charge in [0.25, 0.3) is 0 Å². The van der Waals surface area contributed by atoms with Gasteiger partial charge in [0.1, 0.15) is 6.61 Å². The fourth-order valence-electron chi connectivity index (χ4n) is 3.54. The molecule has 0 bridgehead atoms. The monoisotopic (exact) mass is 536 g/mol. The Morgan fingerprint density at radius 3 is 2.37 bits per heavy atom. The van der Waals surface area contributed by atoms with Crippen molar-refractivity contribution in [1.82, 2.24) is 9.71 Å². The summed E-state index contributed by atoms with van der Waals surface area (Å²) in [5, 5.41) is 3.17. The van der Waals surface area contributed by atoms with Crippen LogP contribution in [0.25, 0.3) is 22.2 Å². The van der Waals surface area contributed by atoms with Crippen molar-refractivity contribution >= 4 is 44.5 Å². The molecular formula is C27H28N4O6S. The number of benzene rings is 2. The van der Waals surface area contributed by atoms with Crippen LogP contribution in [0.3, 0.4) is 0 Å². The zero-order valence-electron chi connectivity index (χ0n) is 21.4. The Bertz CT molecular complexity index is 1590. The summed E-state index contributed by atoms with van der Waals surface area (Å²) in [7, 11) is -3.58. The van der Waals surface area contributed by atoms with E-state index in [1.165, 1.54) is 10.9 Å². The third-order valence-corrected chi connectivity index (χ3v) is 5.97. The van der Waals surface area contributed by atoms with Gasteiger partial charge in [-0.25, -0.2) is 23.0 Å². The molecule has 0 saturated heterocycles. The van der Waals surface area contributed by atoms with Crippen molar-refractivity contribution in [2.24, 2.45) is 5.41 Å². The van der Waals surface area contributed by atoms with Crippen LogP contribution in [-0.4, -0.2) is 36.5 Å². The number of anilines is 2. The molecule has 38 heavy (non-hydrogen) atoms. The number of para-hydroxylation sites is 1. The first-order valence-electron chi connectivity index (χ1n) is 11.7. The lowest BCUT2D eigenvalue weighted by Crippen LogP contribution is -2.31. The number of amides is 1. The maximum Gasteiger partial charge on any atom is 0.412 e. The van der Waals surface area contributed by atoms with E-state index in [0.717, 1.165) is 11.8 Å². The van der Waals surface area contributed by atoms with Gasteiger partial charge < -0.3 is 9.57 Å². The number of hydrogen-bond donors (Lipinski definition) is 2. The molecule has 0 aliphatic carbocycles. The van der Waals surface area contributed by atoms with Crippen molar-refractivity contribution in [1.29, 1.82) is 0 Å². The lowest BCUT2D eigenvalue weighted by atomic mass is 9.98. The molecule has 2 aromatic carbocycles. The SMILES string of the molecule is CC(C)(C)C(=O)On1cc(-c2ccccc2NS(C)(=O)=O)c2cc(NC(=O)OCc3ccccc3)cnc21. The molecule has 10 nitrogen and oxygen atoms in total. The molecule has 0 aliphatic rings. The van der Waals surface area contributed by atoms with E-state index >= 15 is 0 Å². The van der Waals surface area contributed by atoms with Crippen LogP contribution in [0.2, 0.25) is 0 Å². The minimum Gasteiger partial charge on any atom is -0.444 e. The first-order valence-corrected chi connectivity index (χ1v) is 13.6. The second kappa shape index (κ2) is 10.5. The minimum absolute atomic E-state index is 0.0945. The molecule has 0 aliphatic heterocycles. The third kappa shape index (κ3) is 6.48. The Morgan fingerprint density at radius 2 is 1.68 bits per heavy atom. The smallest absolute Gasteiger partial charge is 0.412 e. The highest BCUT2D eigenvalue weighted by Crippen LogP contribution is 2.36. The summed E-state index contributed by atoms with van der Waals surface area (Å²) in [6.45, 7) is 5.27. The number of nitrogens with zero attached hydrogens (tertiary/aromatic N) is 2. The van der Waals surface area contributed by atoms with E-state index in [4.69, 9.17) is 9.57 Å². The maximum absolute atomic E-state index is 12.6. The van der Waals surface area contributed by atoms with Gasteiger partial charge in [-0.1, -0.05) is 48.5 Å². The van der Waals surface area contributed by atoms with Crippen LogP contribution >= 0.6 is 0 Å². The summed E-state index contributed by atoms with van der Waals surface area (Å²) >= 11 is 0. The Kier molecular flexibility index (Phi) is 7.40. The number of carbonyl (C=O) groups is 2. The number of carbonyl (C=O) groups excluding carboxylic acids is 2. The topological polar surface area (TPSA) is 129 Å². The summed E-state index contributed by atoms with van der Waals surface area (Å²) in [5.74, 6) is -0.489. The van der Waals surface area contributed by atoms with Crippen LogP contribution in [0.5, 0.6) is 0 Å². The Labute approximate surface area is 220 Å². The molecule has 2 heterocycles. The van der Waals surface area contributed by atoms with Gasteiger partial charge in [-0.05, 0) is 38.5 Å². The van der Waals surface area contributed by atoms with Crippen molar-refractivity contribution in [3.8, 4) is 11.1 Å². The van der Waals surface area contributed by atoms with Gasteiger partial charge in [0.15, 0.2) is 5.65 Å². The van der Waals surface area contributed by atoms with Gasteiger partial charge in [-0.3, -0.25) is 10.0 Å². The fourth-order valence-corrected chi connectivity index (χ4v) is 4.12. The van der Waals surface area contributed by atoms with Gasteiger partial charge in [0.2, 0.25) is 10.0 Å². The Hall–Kier alpha value is -4.38. The van der Waals surface area contributed by atoms with Gasteiger partial charge in [-0.2, -0.15) is 4.73 Å². The largest absolute Gasteiger partial charge is 0.444 e. The van der Waals surface area contributed by atoms with Crippen LogP contribution in [0, 0.1) is 5.41 Å². The molecular weight excluding hydrogens is 508 g/mol. The zero-order valence-corrected chi connectivity index (χ0v) is 22.2. The van der Waals surface area contributed by atoms with Crippen LogP contribution in [0.4, 0.5) is 16.2 Å². The van der Waals surface area contributed by atoms with Crippen LogP contribution in [0.1, 0.15) is 26.3 Å². The summed E-state index contributed by atoms with van der Waals surface area (Å²) in [5.41, 5.74) is 2.08. The molecule has 0 radical (unpaired) electrons. The second-order valence-corrected chi connectivity index (χ2v) is 11.4. The average Bonchev–Trinajstić information content (AvgIpc) is 3.19. The number of sulfonamides is 1. The van der Waals surface area contributed by atoms with Gasteiger partial charge >= 0.3 is 12.1 Å². The lowest BCUT2D eigenvalue weighted by Gasteiger charge is -2.16. The number of fused-ring (bicyclic) bond motifs is 1. The second-order valence-electron chi connectivity index (χ2n) is 9.70. The Morgan fingerprint density at radius 1 is 1.00 bits per heavy atom. The molecule has 1 amide bonds. The van der Waals surface area contributed by atoms with Crippen molar-refractivity contribution in [2.45, 2.75) is 27.4 Å². The van der Waals surface area contributed by atoms with Crippen LogP contribution in [-0.2, 0) is 26.2 Å². The molecule has 0 unspecified atom stereocenters. The average molecular weight is 537 g/mol. The molecule has 0 saturated carbocycles. The van der Waals surface area contributed by atoms with E-state index < -0.39 is 27.5 Å². The molecule has 11 heteroatoms. The first-order chi connectivity index (χ1) is 17.9. The molecule has 0 atom stereocenters. The molecule has 4 aromatic rings. The number of aromatic nitrogens is 2. The summed E-state index contributed by atoms with van der Waals surface area (Å²) in [6, 6.07) is 17.7. The molecule has 2 aromatic heterocycles. The highest BCUT2D eigenvalue weighted by molar-refractivity contribution is 7.92. The highest BCUT2D eigenvalue weighted by atomic mass is 32.2. The van der Waals surface area contributed by atoms with E-state index in [0.29, 0.717) is 33.5 Å². The summed E-state index contributed by atoms with van der Waals surface area (Å²) in [6.07, 6.45) is 3.36. The maximum atomic E-state index is 12.6. The highest BCUT2D eigenvalue weighted by Gasteiger charge is 2.26. The van der Waals surface area contributed by atoms with Crippen LogP contribution in [0.15, 0.2) is 73.1 Å². The van der Waals surface area contributed by atoms with E-state index in [1.807, 2.05) is 30.3 Å². The summed E-state index contributed by atoms with van der Waals surface area (Å²) < 4.78 is 33.0. The van der Waals surface area contributed by atoms with Crippen molar-refractivity contribution in [3.63, 3.8) is 0 Å². The fraction of sp³-hybridized carbons (Fsp3) is 0.222. The number of ether oxygens (including phenoxy) is 1. The standard InChI is InChI=1S/C27H28N4O6S/c1-27(2,3)25(32)37-31-16-22(20-12-8-9-13-23(20)30-38(4,34)35)21-14-19(15-28-24(21)31)29-26(33)36-17-18-10-6-5-7-11-18/h5-16,30H,17H2,1-4H3,(H,29,33). The Balaban J connectivity index is 1.72. The van der Waals surface area contributed by atoms with Crippen molar-refractivity contribution < 1.29 is 27.6 Å². The number of rotatable bonds is 7. The van der Waals surface area contributed by atoms with Crippen molar-refractivity contribution in [3.05, 3.63) is 78.6 Å².